The summed E-state index contributed by atoms with van der Waals surface area (Å²) >= 11 is 0. The average molecular weight is 363 g/mol. The average Bonchev–Trinajstić information content (AvgIpc) is 2.86. The zero-order valence-electron chi connectivity index (χ0n) is 16.4. The monoisotopic (exact) mass is 362 g/mol. The van der Waals surface area contributed by atoms with Crippen LogP contribution in [-0.4, -0.2) is 28.1 Å². The largest absolute Gasteiger partial charge is 0.481 e. The number of ketones is 1. The Labute approximate surface area is 158 Å². The van der Waals surface area contributed by atoms with Crippen LogP contribution in [0.3, 0.4) is 0 Å². The molecular weight excluding hydrogens is 328 g/mol. The normalized spacial score (nSPS) is 25.1. The molecule has 1 aliphatic rings. The summed E-state index contributed by atoms with van der Waals surface area (Å²) in [5, 5.41) is 18.9. The molecule has 1 rings (SSSR count). The number of carbonyl (C=O) groups is 2. The Balaban J connectivity index is 2.50. The van der Waals surface area contributed by atoms with Gasteiger partial charge in [-0.3, -0.25) is 9.59 Å². The molecule has 2 N–H and O–H groups in total. The van der Waals surface area contributed by atoms with Gasteiger partial charge in [0.1, 0.15) is 5.78 Å². The minimum atomic E-state index is -0.743. The molecule has 0 aromatic rings. The van der Waals surface area contributed by atoms with Crippen LogP contribution in [0.5, 0.6) is 0 Å². The summed E-state index contributed by atoms with van der Waals surface area (Å²) in [7, 11) is 0. The second-order valence-electron chi connectivity index (χ2n) is 7.66. The molecule has 0 amide bonds. The van der Waals surface area contributed by atoms with Crippen LogP contribution >= 0.6 is 0 Å². The zero-order valence-corrected chi connectivity index (χ0v) is 16.4. The van der Waals surface area contributed by atoms with E-state index in [9.17, 15) is 14.7 Å². The first-order valence-corrected chi connectivity index (χ1v) is 9.87. The van der Waals surface area contributed by atoms with Gasteiger partial charge in [0, 0.05) is 25.2 Å². The number of allylic oxidation sites excluding steroid dienone is 1. The fraction of sp³-hybridized carbons (Fsp3) is 0.727. The van der Waals surface area contributed by atoms with Crippen LogP contribution in [0.15, 0.2) is 12.2 Å². The molecule has 146 valence electrons. The third-order valence-electron chi connectivity index (χ3n) is 5.43. The molecule has 0 bridgehead atoms. The van der Waals surface area contributed by atoms with Gasteiger partial charge in [0.15, 0.2) is 0 Å². The number of aliphatic carboxylic acids is 1. The third kappa shape index (κ3) is 7.74. The fourth-order valence-electron chi connectivity index (χ4n) is 3.70. The molecule has 4 nitrogen and oxygen atoms in total. The van der Waals surface area contributed by atoms with Gasteiger partial charge in [-0.1, -0.05) is 45.3 Å². The fourth-order valence-corrected chi connectivity index (χ4v) is 3.70. The van der Waals surface area contributed by atoms with Crippen LogP contribution < -0.4 is 0 Å². The van der Waals surface area contributed by atoms with Crippen molar-refractivity contribution in [2.45, 2.75) is 78.2 Å². The predicted octanol–water partition coefficient (Wildman–Crippen LogP) is 4.22. The number of carbonyl (C=O) groups excluding carboxylic acids is 1. The Morgan fingerprint density at radius 2 is 2.00 bits per heavy atom. The lowest BCUT2D eigenvalue weighted by atomic mass is 9.85. The number of unbranched alkanes of at least 4 members (excludes halogenated alkanes) is 3. The van der Waals surface area contributed by atoms with E-state index in [1.54, 1.807) is 6.92 Å². The van der Waals surface area contributed by atoms with E-state index >= 15 is 0 Å². The smallest absolute Gasteiger partial charge is 0.303 e. The first-order valence-electron chi connectivity index (χ1n) is 9.87. The summed E-state index contributed by atoms with van der Waals surface area (Å²) in [6.07, 6.45) is 9.27. The Hall–Kier alpha value is -1.60. The number of aliphatic hydroxyl groups excluding tert-OH is 1. The molecule has 4 heteroatoms. The molecule has 0 aliphatic heterocycles. The Morgan fingerprint density at radius 1 is 1.31 bits per heavy atom. The van der Waals surface area contributed by atoms with Crippen molar-refractivity contribution in [3.63, 3.8) is 0 Å². The van der Waals surface area contributed by atoms with Gasteiger partial charge in [0.05, 0.1) is 6.10 Å². The lowest BCUT2D eigenvalue weighted by Gasteiger charge is -2.20. The van der Waals surface area contributed by atoms with Crippen molar-refractivity contribution in [2.75, 3.05) is 0 Å². The molecule has 0 aromatic carbocycles. The van der Waals surface area contributed by atoms with Crippen molar-refractivity contribution in [3.8, 4) is 11.8 Å². The van der Waals surface area contributed by atoms with Gasteiger partial charge in [-0.25, -0.2) is 0 Å². The number of Topliss-reactive ketones (excluding diaryl/α,β-unsaturated/α-hetero) is 1. The van der Waals surface area contributed by atoms with Gasteiger partial charge in [-0.05, 0) is 37.5 Å². The van der Waals surface area contributed by atoms with Crippen molar-refractivity contribution in [1.82, 2.24) is 0 Å². The molecule has 0 spiro atoms. The van der Waals surface area contributed by atoms with Crippen molar-refractivity contribution < 1.29 is 19.8 Å². The molecule has 1 fully saturated rings. The highest BCUT2D eigenvalue weighted by Gasteiger charge is 2.37. The quantitative estimate of drug-likeness (QED) is 0.328. The van der Waals surface area contributed by atoms with E-state index < -0.39 is 12.1 Å². The SMILES string of the molecule is CC#CCC(C)[C@H](O)/C=C/[C@H]1[C@H](C)CC(=O)[C@@H]1CCCCCCC(=O)O. The molecular formula is C22H34O4. The molecule has 26 heavy (non-hydrogen) atoms. The van der Waals surface area contributed by atoms with Crippen molar-refractivity contribution >= 4 is 11.8 Å². The van der Waals surface area contributed by atoms with E-state index in [0.717, 1.165) is 25.7 Å². The number of rotatable bonds is 11. The maximum absolute atomic E-state index is 12.3. The molecule has 0 aromatic heterocycles. The van der Waals surface area contributed by atoms with Crippen molar-refractivity contribution in [3.05, 3.63) is 12.2 Å². The number of hydrogen-bond donors (Lipinski definition) is 2. The number of carboxylic acid groups (broad SMARTS) is 1. The van der Waals surface area contributed by atoms with Crippen LogP contribution in [-0.2, 0) is 9.59 Å². The number of hydrogen-bond acceptors (Lipinski definition) is 3. The summed E-state index contributed by atoms with van der Waals surface area (Å²) in [5.41, 5.74) is 0. The van der Waals surface area contributed by atoms with E-state index in [1.807, 2.05) is 19.1 Å². The van der Waals surface area contributed by atoms with Gasteiger partial charge >= 0.3 is 5.97 Å². The van der Waals surface area contributed by atoms with E-state index in [-0.39, 0.29) is 24.2 Å². The van der Waals surface area contributed by atoms with Crippen LogP contribution in [0.4, 0.5) is 0 Å². The molecule has 0 radical (unpaired) electrons. The molecule has 0 saturated heterocycles. The van der Waals surface area contributed by atoms with Gasteiger partial charge < -0.3 is 10.2 Å². The summed E-state index contributed by atoms with van der Waals surface area (Å²) < 4.78 is 0. The van der Waals surface area contributed by atoms with Gasteiger partial charge in [0.2, 0.25) is 0 Å². The van der Waals surface area contributed by atoms with E-state index in [0.29, 0.717) is 31.0 Å². The van der Waals surface area contributed by atoms with Crippen LogP contribution in [0.25, 0.3) is 0 Å². The summed E-state index contributed by atoms with van der Waals surface area (Å²) in [6, 6.07) is 0. The zero-order chi connectivity index (χ0) is 19.5. The lowest BCUT2D eigenvalue weighted by molar-refractivity contribution is -0.137. The van der Waals surface area contributed by atoms with Gasteiger partial charge in [-0.2, -0.15) is 0 Å². The molecule has 1 saturated carbocycles. The minimum Gasteiger partial charge on any atom is -0.481 e. The van der Waals surface area contributed by atoms with Crippen LogP contribution in [0.2, 0.25) is 0 Å². The van der Waals surface area contributed by atoms with Crippen molar-refractivity contribution in [1.29, 1.82) is 0 Å². The van der Waals surface area contributed by atoms with Gasteiger partial charge in [0.25, 0.3) is 0 Å². The maximum atomic E-state index is 12.3. The predicted molar refractivity (Wildman–Crippen MR) is 103 cm³/mol. The lowest BCUT2D eigenvalue weighted by Crippen LogP contribution is -2.18. The third-order valence-corrected chi connectivity index (χ3v) is 5.43. The highest BCUT2D eigenvalue weighted by Crippen LogP contribution is 2.38. The Morgan fingerprint density at radius 3 is 2.65 bits per heavy atom. The number of carboxylic acids is 1. The molecule has 0 heterocycles. The second kappa shape index (κ2) is 11.9. The van der Waals surface area contributed by atoms with E-state index in [4.69, 9.17) is 5.11 Å². The Bertz CT molecular complexity index is 540. The topological polar surface area (TPSA) is 74.6 Å². The maximum Gasteiger partial charge on any atom is 0.303 e. The molecule has 5 atom stereocenters. The minimum absolute atomic E-state index is 0.0404. The second-order valence-corrected chi connectivity index (χ2v) is 7.66. The Kier molecular flexibility index (Phi) is 10.3. The standard InChI is InChI=1S/C22H34O4/c1-4-5-10-16(2)20(23)14-13-18-17(3)15-21(24)19(18)11-8-6-7-9-12-22(25)26/h13-14,16-20,23H,6-12,15H2,1-3H3,(H,25,26)/b14-13+/t16?,17-,18+,19-,20-/m1/s1. The van der Waals surface area contributed by atoms with E-state index in [2.05, 4.69) is 18.8 Å². The summed E-state index contributed by atoms with van der Waals surface area (Å²) in [6.45, 7) is 5.89. The number of aliphatic hydroxyl groups is 1. The highest BCUT2D eigenvalue weighted by molar-refractivity contribution is 5.84. The van der Waals surface area contributed by atoms with Crippen molar-refractivity contribution in [2.24, 2.45) is 23.7 Å². The first-order chi connectivity index (χ1) is 12.4. The molecule has 1 unspecified atom stereocenters. The first kappa shape index (κ1) is 22.4. The summed E-state index contributed by atoms with van der Waals surface area (Å²) in [5.74, 6) is 6.07. The molecule has 1 aliphatic carbocycles. The summed E-state index contributed by atoms with van der Waals surface area (Å²) in [4.78, 5) is 22.8. The highest BCUT2D eigenvalue weighted by atomic mass is 16.4. The van der Waals surface area contributed by atoms with Crippen LogP contribution in [0, 0.1) is 35.5 Å². The van der Waals surface area contributed by atoms with Crippen LogP contribution in [0.1, 0.15) is 72.1 Å². The van der Waals surface area contributed by atoms with E-state index in [1.165, 1.54) is 0 Å². The van der Waals surface area contributed by atoms with Gasteiger partial charge in [-0.15, -0.1) is 11.8 Å².